The van der Waals surface area contributed by atoms with E-state index in [1.54, 1.807) is 10.9 Å². The predicted octanol–water partition coefficient (Wildman–Crippen LogP) is 2.47. The third-order valence-corrected chi connectivity index (χ3v) is 4.11. The third-order valence-electron chi connectivity index (χ3n) is 4.11. The highest BCUT2D eigenvalue weighted by molar-refractivity contribution is 5.94. The molecule has 4 rings (SSSR count). The van der Waals surface area contributed by atoms with Crippen LogP contribution in [-0.2, 0) is 13.0 Å². The molecule has 0 radical (unpaired) electrons. The standard InChI is InChI=1S/C18H16N4O/c23-18(21-11-7-17-15(13-21)5-2-8-19-17)14-4-1-6-16(12-14)22-10-3-9-20-22/h1-6,8-10,12H,7,11,13H2. The Morgan fingerprint density at radius 2 is 2.04 bits per heavy atom. The molecule has 23 heavy (non-hydrogen) atoms. The van der Waals surface area contributed by atoms with Gasteiger partial charge in [0.25, 0.3) is 5.91 Å². The Balaban J connectivity index is 1.59. The lowest BCUT2D eigenvalue weighted by atomic mass is 10.0. The highest BCUT2D eigenvalue weighted by Gasteiger charge is 2.22. The largest absolute Gasteiger partial charge is 0.334 e. The summed E-state index contributed by atoms with van der Waals surface area (Å²) in [5, 5.41) is 4.21. The average molecular weight is 304 g/mol. The average Bonchev–Trinajstić information content (AvgIpc) is 3.15. The van der Waals surface area contributed by atoms with Crippen molar-refractivity contribution in [3.63, 3.8) is 0 Å². The van der Waals surface area contributed by atoms with Gasteiger partial charge >= 0.3 is 0 Å². The number of amides is 1. The molecule has 0 N–H and O–H groups in total. The van der Waals surface area contributed by atoms with E-state index in [4.69, 9.17) is 0 Å². The summed E-state index contributed by atoms with van der Waals surface area (Å²) < 4.78 is 1.76. The highest BCUT2D eigenvalue weighted by Crippen LogP contribution is 2.19. The minimum absolute atomic E-state index is 0.0495. The lowest BCUT2D eigenvalue weighted by molar-refractivity contribution is 0.0733. The SMILES string of the molecule is O=C(c1cccc(-n2cccn2)c1)N1CCc2ncccc2C1. The van der Waals surface area contributed by atoms with Gasteiger partial charge in [-0.2, -0.15) is 5.10 Å². The van der Waals surface area contributed by atoms with Crippen molar-refractivity contribution < 1.29 is 4.79 Å². The maximum atomic E-state index is 12.8. The van der Waals surface area contributed by atoms with Crippen molar-refractivity contribution in [2.24, 2.45) is 0 Å². The molecular weight excluding hydrogens is 288 g/mol. The minimum atomic E-state index is 0.0495. The molecule has 5 heteroatoms. The van der Waals surface area contributed by atoms with Crippen LogP contribution >= 0.6 is 0 Å². The molecule has 0 aliphatic carbocycles. The van der Waals surface area contributed by atoms with Gasteiger partial charge in [0.1, 0.15) is 0 Å². The summed E-state index contributed by atoms with van der Waals surface area (Å²) in [7, 11) is 0. The molecule has 114 valence electrons. The van der Waals surface area contributed by atoms with Gasteiger partial charge in [-0.1, -0.05) is 12.1 Å². The van der Waals surface area contributed by atoms with Crippen LogP contribution in [0.5, 0.6) is 0 Å². The molecule has 0 atom stereocenters. The zero-order valence-electron chi connectivity index (χ0n) is 12.6. The first-order valence-corrected chi connectivity index (χ1v) is 7.63. The van der Waals surface area contributed by atoms with Gasteiger partial charge in [0.05, 0.1) is 5.69 Å². The molecule has 0 unspecified atom stereocenters. The Morgan fingerprint density at radius 1 is 1.09 bits per heavy atom. The fourth-order valence-electron chi connectivity index (χ4n) is 2.92. The zero-order valence-corrected chi connectivity index (χ0v) is 12.6. The Bertz CT molecular complexity index is 842. The van der Waals surface area contributed by atoms with Crippen molar-refractivity contribution in [2.75, 3.05) is 6.54 Å². The maximum Gasteiger partial charge on any atom is 0.254 e. The first-order chi connectivity index (χ1) is 11.3. The van der Waals surface area contributed by atoms with Gasteiger partial charge in [-0.05, 0) is 35.9 Å². The number of hydrogen-bond donors (Lipinski definition) is 0. The fourth-order valence-corrected chi connectivity index (χ4v) is 2.92. The number of nitrogens with zero attached hydrogens (tertiary/aromatic N) is 4. The number of fused-ring (bicyclic) bond motifs is 1. The molecule has 0 saturated heterocycles. The normalized spacial score (nSPS) is 13.7. The molecule has 1 amide bonds. The molecule has 0 bridgehead atoms. The number of carbonyl (C=O) groups excluding carboxylic acids is 1. The summed E-state index contributed by atoms with van der Waals surface area (Å²) in [6.07, 6.45) is 6.21. The quantitative estimate of drug-likeness (QED) is 0.731. The monoisotopic (exact) mass is 304 g/mol. The minimum Gasteiger partial charge on any atom is -0.334 e. The number of benzene rings is 1. The van der Waals surface area contributed by atoms with Gasteiger partial charge in [0.2, 0.25) is 0 Å². The number of pyridine rings is 1. The van der Waals surface area contributed by atoms with Crippen LogP contribution in [0, 0.1) is 0 Å². The Hall–Kier alpha value is -2.95. The first kappa shape index (κ1) is 13.7. The molecule has 5 nitrogen and oxygen atoms in total. The van der Waals surface area contributed by atoms with Gasteiger partial charge in [-0.3, -0.25) is 9.78 Å². The van der Waals surface area contributed by atoms with Crippen LogP contribution in [0.2, 0.25) is 0 Å². The third kappa shape index (κ3) is 2.61. The van der Waals surface area contributed by atoms with Crippen molar-refractivity contribution in [1.82, 2.24) is 19.7 Å². The molecule has 1 aliphatic rings. The second-order valence-corrected chi connectivity index (χ2v) is 5.59. The van der Waals surface area contributed by atoms with Crippen LogP contribution in [0.15, 0.2) is 61.1 Å². The van der Waals surface area contributed by atoms with Crippen molar-refractivity contribution >= 4 is 5.91 Å². The van der Waals surface area contributed by atoms with E-state index in [2.05, 4.69) is 10.1 Å². The molecule has 0 fully saturated rings. The summed E-state index contributed by atoms with van der Waals surface area (Å²) in [5.41, 5.74) is 3.81. The van der Waals surface area contributed by atoms with E-state index in [1.165, 1.54) is 0 Å². The Kier molecular flexibility index (Phi) is 3.38. The Labute approximate surface area is 134 Å². The van der Waals surface area contributed by atoms with E-state index in [-0.39, 0.29) is 5.91 Å². The maximum absolute atomic E-state index is 12.8. The fraction of sp³-hybridized carbons (Fsp3) is 0.167. The molecule has 3 heterocycles. The topological polar surface area (TPSA) is 51.0 Å². The zero-order chi connectivity index (χ0) is 15.6. The number of carbonyl (C=O) groups is 1. The van der Waals surface area contributed by atoms with Crippen LogP contribution in [0.1, 0.15) is 21.6 Å². The molecule has 0 saturated carbocycles. The molecule has 2 aromatic heterocycles. The number of hydrogen-bond acceptors (Lipinski definition) is 3. The molecule has 1 aliphatic heterocycles. The van der Waals surface area contributed by atoms with Gasteiger partial charge in [-0.25, -0.2) is 4.68 Å². The smallest absolute Gasteiger partial charge is 0.254 e. The summed E-state index contributed by atoms with van der Waals surface area (Å²) >= 11 is 0. The van der Waals surface area contributed by atoms with Crippen molar-refractivity contribution in [3.05, 3.63) is 77.9 Å². The number of aromatic nitrogens is 3. The van der Waals surface area contributed by atoms with Gasteiger partial charge < -0.3 is 4.90 Å². The predicted molar refractivity (Wildman–Crippen MR) is 86.2 cm³/mol. The highest BCUT2D eigenvalue weighted by atomic mass is 16.2. The van der Waals surface area contributed by atoms with E-state index in [9.17, 15) is 4.79 Å². The van der Waals surface area contributed by atoms with E-state index in [1.807, 2.05) is 59.8 Å². The molecule has 1 aromatic carbocycles. The van der Waals surface area contributed by atoms with Gasteiger partial charge in [0, 0.05) is 49.4 Å². The second kappa shape index (κ2) is 5.68. The van der Waals surface area contributed by atoms with E-state index >= 15 is 0 Å². The van der Waals surface area contributed by atoms with Crippen LogP contribution in [0.4, 0.5) is 0 Å². The Morgan fingerprint density at radius 3 is 2.91 bits per heavy atom. The summed E-state index contributed by atoms with van der Waals surface area (Å²) in [6, 6.07) is 13.4. The van der Waals surface area contributed by atoms with Gasteiger partial charge in [-0.15, -0.1) is 0 Å². The van der Waals surface area contributed by atoms with E-state index in [0.717, 1.165) is 23.4 Å². The first-order valence-electron chi connectivity index (χ1n) is 7.63. The van der Waals surface area contributed by atoms with Crippen molar-refractivity contribution in [1.29, 1.82) is 0 Å². The summed E-state index contributed by atoms with van der Waals surface area (Å²) in [6.45, 7) is 1.32. The lowest BCUT2D eigenvalue weighted by Crippen LogP contribution is -2.36. The van der Waals surface area contributed by atoms with E-state index in [0.29, 0.717) is 18.7 Å². The summed E-state index contributed by atoms with van der Waals surface area (Å²) in [5.74, 6) is 0.0495. The van der Waals surface area contributed by atoms with Crippen LogP contribution in [0.3, 0.4) is 0 Å². The second-order valence-electron chi connectivity index (χ2n) is 5.59. The van der Waals surface area contributed by atoms with Crippen molar-refractivity contribution in [2.45, 2.75) is 13.0 Å². The number of rotatable bonds is 2. The van der Waals surface area contributed by atoms with Crippen LogP contribution in [-0.4, -0.2) is 32.1 Å². The van der Waals surface area contributed by atoms with Crippen molar-refractivity contribution in [3.8, 4) is 5.69 Å². The lowest BCUT2D eigenvalue weighted by Gasteiger charge is -2.28. The van der Waals surface area contributed by atoms with Crippen LogP contribution < -0.4 is 0 Å². The molecular formula is C18H16N4O. The molecule has 3 aromatic rings. The van der Waals surface area contributed by atoms with Gasteiger partial charge in [0.15, 0.2) is 0 Å². The summed E-state index contributed by atoms with van der Waals surface area (Å²) in [4.78, 5) is 19.1. The van der Waals surface area contributed by atoms with Crippen LogP contribution in [0.25, 0.3) is 5.69 Å². The van der Waals surface area contributed by atoms with E-state index < -0.39 is 0 Å². The molecule has 0 spiro atoms.